The van der Waals surface area contributed by atoms with Gasteiger partial charge in [-0.15, -0.1) is 0 Å². The van der Waals surface area contributed by atoms with Crippen molar-refractivity contribution in [3.63, 3.8) is 0 Å². The van der Waals surface area contributed by atoms with Crippen LogP contribution in [0.5, 0.6) is 11.9 Å². The summed E-state index contributed by atoms with van der Waals surface area (Å²) in [5, 5.41) is 12.5. The van der Waals surface area contributed by atoms with Crippen molar-refractivity contribution in [3.05, 3.63) is 28.0 Å². The average molecular weight is 713 g/mol. The van der Waals surface area contributed by atoms with Crippen LogP contribution in [0.1, 0.15) is 44.2 Å². The third kappa shape index (κ3) is 6.36. The molecule has 3 saturated heterocycles. The number of benzene rings is 1. The number of anilines is 2. The van der Waals surface area contributed by atoms with Crippen molar-refractivity contribution in [2.45, 2.75) is 57.8 Å². The molecule has 0 spiro atoms. The number of pyridine rings is 1. The zero-order chi connectivity index (χ0) is 35.4. The van der Waals surface area contributed by atoms with Gasteiger partial charge in [-0.05, 0) is 38.4 Å². The molecular weight excluding hydrogens is 678 g/mol. The minimum absolute atomic E-state index is 0.0361. The van der Waals surface area contributed by atoms with E-state index in [2.05, 4.69) is 20.3 Å². The Kier molecular flexibility index (Phi) is 9.40. The van der Waals surface area contributed by atoms with Crippen molar-refractivity contribution in [3.8, 4) is 29.2 Å². The van der Waals surface area contributed by atoms with Crippen LogP contribution in [0.2, 0.25) is 5.02 Å². The molecule has 0 unspecified atom stereocenters. The Hall–Kier alpha value is -3.81. The van der Waals surface area contributed by atoms with Crippen LogP contribution in [0.15, 0.2) is 6.07 Å². The van der Waals surface area contributed by atoms with E-state index in [1.165, 1.54) is 7.11 Å². The van der Waals surface area contributed by atoms with E-state index in [1.807, 2.05) is 16.7 Å². The third-order valence-corrected chi connectivity index (χ3v) is 10.2. The van der Waals surface area contributed by atoms with Gasteiger partial charge in [0.05, 0.1) is 35.6 Å². The fraction of sp³-hybridized carbons (Fsp3) is 0.562. The zero-order valence-corrected chi connectivity index (χ0v) is 27.7. The number of rotatable bonds is 8. The number of fused-ring (bicyclic) bond motifs is 3. The second-order valence-corrected chi connectivity index (χ2v) is 13.5. The van der Waals surface area contributed by atoms with Crippen LogP contribution in [0.3, 0.4) is 0 Å². The molecule has 3 aliphatic rings. The molecule has 49 heavy (non-hydrogen) atoms. The molecule has 3 aliphatic heterocycles. The minimum atomic E-state index is -5.14. The van der Waals surface area contributed by atoms with E-state index < -0.39 is 68.4 Å². The third-order valence-electron chi connectivity index (χ3n) is 9.88. The van der Waals surface area contributed by atoms with Crippen LogP contribution < -0.4 is 25.4 Å². The van der Waals surface area contributed by atoms with Crippen LogP contribution in [-0.2, 0) is 6.18 Å². The molecule has 0 saturated carbocycles. The van der Waals surface area contributed by atoms with E-state index >= 15 is 4.39 Å². The molecule has 3 N–H and O–H groups in total. The second kappa shape index (κ2) is 13.1. The molecule has 2 aromatic heterocycles. The molecule has 6 rings (SSSR count). The van der Waals surface area contributed by atoms with Gasteiger partial charge in [0, 0.05) is 48.6 Å². The Labute approximate surface area is 283 Å². The molecule has 4 atom stereocenters. The van der Waals surface area contributed by atoms with E-state index in [0.29, 0.717) is 32.7 Å². The van der Waals surface area contributed by atoms with Crippen LogP contribution in [0, 0.1) is 28.5 Å². The number of nitrogen functional groups attached to an aromatic ring is 1. The Bertz CT molecular complexity index is 1790. The van der Waals surface area contributed by atoms with Gasteiger partial charge in [0.25, 0.3) is 0 Å². The Morgan fingerprint density at radius 3 is 2.47 bits per heavy atom. The van der Waals surface area contributed by atoms with Crippen LogP contribution >= 0.6 is 11.6 Å². The number of nitriles is 1. The summed E-state index contributed by atoms with van der Waals surface area (Å²) in [5.74, 6) is -2.49. The van der Waals surface area contributed by atoms with Gasteiger partial charge < -0.3 is 30.3 Å². The molecular formula is C32H35ClF6N8O2. The smallest absolute Gasteiger partial charge is 0.418 e. The first-order valence-corrected chi connectivity index (χ1v) is 16.3. The van der Waals surface area contributed by atoms with Crippen LogP contribution in [0.4, 0.5) is 37.8 Å². The number of halogens is 7. The first-order valence-electron chi connectivity index (χ1n) is 15.9. The van der Waals surface area contributed by atoms with Crippen molar-refractivity contribution >= 4 is 34.0 Å². The molecule has 17 heteroatoms. The topological polar surface area (TPSA) is 125 Å². The van der Waals surface area contributed by atoms with Gasteiger partial charge in [0.15, 0.2) is 5.82 Å². The lowest BCUT2D eigenvalue weighted by Crippen LogP contribution is -2.52. The van der Waals surface area contributed by atoms with Crippen LogP contribution in [0.25, 0.3) is 22.2 Å². The molecule has 1 aromatic carbocycles. The highest BCUT2D eigenvalue weighted by Gasteiger charge is 2.45. The second-order valence-electron chi connectivity index (χ2n) is 13.1. The van der Waals surface area contributed by atoms with Crippen molar-refractivity contribution in [2.24, 2.45) is 11.3 Å². The van der Waals surface area contributed by atoms with E-state index in [1.54, 1.807) is 13.0 Å². The summed E-state index contributed by atoms with van der Waals surface area (Å²) in [4.78, 5) is 17.0. The Morgan fingerprint density at radius 1 is 1.18 bits per heavy atom. The maximum Gasteiger partial charge on any atom is 0.418 e. The molecule has 0 aliphatic carbocycles. The number of nitrogens with one attached hydrogen (secondary N) is 1. The maximum atomic E-state index is 16.9. The number of piperidine rings is 1. The number of ether oxygens (including phenoxy) is 2. The molecule has 3 fully saturated rings. The summed E-state index contributed by atoms with van der Waals surface area (Å²) in [6, 6.07) is 2.20. The van der Waals surface area contributed by atoms with E-state index in [9.17, 15) is 27.2 Å². The molecule has 264 valence electrons. The fourth-order valence-electron chi connectivity index (χ4n) is 7.44. The number of hydrogen-bond acceptors (Lipinski definition) is 10. The minimum Gasteiger partial charge on any atom is -0.480 e. The normalized spacial score (nSPS) is 24.4. The summed E-state index contributed by atoms with van der Waals surface area (Å²) in [7, 11) is 1.20. The highest BCUT2D eigenvalue weighted by Crippen LogP contribution is 2.48. The quantitative estimate of drug-likeness (QED) is 0.216. The summed E-state index contributed by atoms with van der Waals surface area (Å²) in [5.41, 5.74) is -0.167. The Morgan fingerprint density at radius 2 is 1.88 bits per heavy atom. The summed E-state index contributed by atoms with van der Waals surface area (Å²) < 4.78 is 100. The maximum absolute atomic E-state index is 16.9. The summed E-state index contributed by atoms with van der Waals surface area (Å²) in [6.07, 6.45) is -5.75. The van der Waals surface area contributed by atoms with Crippen LogP contribution in [-0.4, -0.2) is 84.8 Å². The van der Waals surface area contributed by atoms with Gasteiger partial charge in [0.1, 0.15) is 28.5 Å². The Balaban J connectivity index is 1.56. The zero-order valence-electron chi connectivity index (χ0n) is 27.0. The number of methoxy groups -OCH3 is 1. The summed E-state index contributed by atoms with van der Waals surface area (Å²) >= 11 is 6.00. The number of likely N-dealkylation sites (tertiary alicyclic amines) is 1. The van der Waals surface area contributed by atoms with Gasteiger partial charge in [0.2, 0.25) is 12.3 Å². The molecule has 0 radical (unpaired) electrons. The lowest BCUT2D eigenvalue weighted by Gasteiger charge is -2.45. The average Bonchev–Trinajstić information content (AvgIpc) is 3.39. The number of piperazine rings is 1. The highest BCUT2D eigenvalue weighted by molar-refractivity contribution is 6.32. The predicted octanol–water partition coefficient (Wildman–Crippen LogP) is 5.90. The molecule has 5 heterocycles. The van der Waals surface area contributed by atoms with E-state index in [0.717, 1.165) is 18.9 Å². The van der Waals surface area contributed by atoms with Gasteiger partial charge in [-0.3, -0.25) is 0 Å². The number of nitrogens with two attached hydrogens (primary N) is 1. The van der Waals surface area contributed by atoms with Crippen molar-refractivity contribution in [1.82, 2.24) is 25.2 Å². The molecule has 10 nitrogen and oxygen atoms in total. The molecule has 2 bridgehead atoms. The largest absolute Gasteiger partial charge is 0.480 e. The number of aromatic nitrogens is 3. The van der Waals surface area contributed by atoms with Gasteiger partial charge in [-0.25, -0.2) is 18.2 Å². The fourth-order valence-corrected chi connectivity index (χ4v) is 7.76. The molecule has 0 amide bonds. The predicted molar refractivity (Wildman–Crippen MR) is 170 cm³/mol. The van der Waals surface area contributed by atoms with Crippen molar-refractivity contribution in [2.75, 3.05) is 57.1 Å². The lowest BCUT2D eigenvalue weighted by atomic mass is 9.73. The van der Waals surface area contributed by atoms with Gasteiger partial charge in [-0.1, -0.05) is 25.4 Å². The van der Waals surface area contributed by atoms with E-state index in [4.69, 9.17) is 26.8 Å². The first kappa shape index (κ1) is 35.0. The number of nitrogens with zero attached hydrogens (tertiary/aromatic N) is 6. The molecule has 3 aromatic rings. The first-order chi connectivity index (χ1) is 23.2. The SMILES string of the molecule is CCN1CC[C@H](C(F)F)[C@](C)(COc2nc(N3C[C@H]4CC[C@@H](C3)N4)c3c(OC)nc(-c4c(C#N)c(N)cc(Cl)c4C(F)(F)F)c(F)c3n2)C1. The number of alkyl halides is 5. The van der Waals surface area contributed by atoms with Crippen molar-refractivity contribution < 1.29 is 35.8 Å². The van der Waals surface area contributed by atoms with Crippen molar-refractivity contribution in [1.29, 1.82) is 5.26 Å². The van der Waals surface area contributed by atoms with Gasteiger partial charge in [-0.2, -0.15) is 28.4 Å². The van der Waals surface area contributed by atoms with Gasteiger partial charge >= 0.3 is 12.2 Å². The lowest BCUT2D eigenvalue weighted by molar-refractivity contribution is -0.137. The highest BCUT2D eigenvalue weighted by atomic mass is 35.5. The summed E-state index contributed by atoms with van der Waals surface area (Å²) in [6.45, 7) is 5.74. The number of hydrogen-bond donors (Lipinski definition) is 2. The van der Waals surface area contributed by atoms with E-state index in [-0.39, 0.29) is 48.2 Å². The standard InChI is InChI=1S/C32H35ClF6N8O2/c1-4-46-8-7-18(27(35)36)31(2,13-46)14-49-30-44-26-22(28(45-30)47-11-15-5-6-16(12-47)42-15)29(48-3)43-25(24(26)34)21-17(10-40)20(41)9-19(33)23(21)32(37,38)39/h9,15-16,18,27,42H,4-8,11-14,41H2,1-3H3/t15-,16+,18-,31+/m1/s1. The monoisotopic (exact) mass is 712 g/mol.